The van der Waals surface area contributed by atoms with Crippen molar-refractivity contribution in [2.75, 3.05) is 6.61 Å². The monoisotopic (exact) mass is 278 g/mol. The van der Waals surface area contributed by atoms with Crippen molar-refractivity contribution < 1.29 is 19.1 Å². The second-order valence-electron chi connectivity index (χ2n) is 4.87. The summed E-state index contributed by atoms with van der Waals surface area (Å²) in [5, 5.41) is 0. The van der Waals surface area contributed by atoms with E-state index in [0.717, 1.165) is 24.0 Å². The molecule has 0 fully saturated rings. The SMILES string of the molecule is CCCCOC(=O)[C@H](C)OC(=O)c1ccc(C)c(C)c1. The second-order valence-corrected chi connectivity index (χ2v) is 4.87. The molecule has 0 saturated heterocycles. The fourth-order valence-corrected chi connectivity index (χ4v) is 1.58. The molecule has 1 aromatic carbocycles. The maximum Gasteiger partial charge on any atom is 0.347 e. The first kappa shape index (κ1) is 16.2. The van der Waals surface area contributed by atoms with Crippen LogP contribution >= 0.6 is 0 Å². The lowest BCUT2D eigenvalue weighted by Gasteiger charge is -2.13. The number of esters is 2. The van der Waals surface area contributed by atoms with E-state index in [1.807, 2.05) is 26.8 Å². The summed E-state index contributed by atoms with van der Waals surface area (Å²) < 4.78 is 10.1. The molecular formula is C16H22O4. The van der Waals surface area contributed by atoms with Gasteiger partial charge in [0.25, 0.3) is 0 Å². The Kier molecular flexibility index (Phi) is 6.22. The molecule has 1 rings (SSSR count). The number of hydrogen-bond acceptors (Lipinski definition) is 4. The van der Waals surface area contributed by atoms with Gasteiger partial charge in [0, 0.05) is 0 Å². The predicted molar refractivity (Wildman–Crippen MR) is 76.7 cm³/mol. The Morgan fingerprint density at radius 2 is 1.90 bits per heavy atom. The average molecular weight is 278 g/mol. The Morgan fingerprint density at radius 1 is 1.20 bits per heavy atom. The lowest BCUT2D eigenvalue weighted by molar-refractivity contribution is -0.153. The van der Waals surface area contributed by atoms with Crippen molar-refractivity contribution in [2.45, 2.75) is 46.6 Å². The van der Waals surface area contributed by atoms with Gasteiger partial charge in [0.1, 0.15) is 0 Å². The van der Waals surface area contributed by atoms with Gasteiger partial charge in [-0.25, -0.2) is 9.59 Å². The van der Waals surface area contributed by atoms with Crippen LogP contribution in [-0.4, -0.2) is 24.6 Å². The highest BCUT2D eigenvalue weighted by Crippen LogP contribution is 2.12. The van der Waals surface area contributed by atoms with Crippen LogP contribution in [0.2, 0.25) is 0 Å². The molecule has 110 valence electrons. The smallest absolute Gasteiger partial charge is 0.347 e. The molecule has 4 nitrogen and oxygen atoms in total. The summed E-state index contributed by atoms with van der Waals surface area (Å²) in [6, 6.07) is 5.31. The standard InChI is InChI=1S/C16H22O4/c1-5-6-9-19-15(17)13(4)20-16(18)14-8-7-11(2)12(3)10-14/h7-8,10,13H,5-6,9H2,1-4H3/t13-/m0/s1. The van der Waals surface area contributed by atoms with Gasteiger partial charge < -0.3 is 9.47 Å². The van der Waals surface area contributed by atoms with Gasteiger partial charge in [-0.15, -0.1) is 0 Å². The van der Waals surface area contributed by atoms with Gasteiger partial charge in [-0.2, -0.15) is 0 Å². The Morgan fingerprint density at radius 3 is 2.50 bits per heavy atom. The molecule has 0 amide bonds. The van der Waals surface area contributed by atoms with Crippen molar-refractivity contribution in [1.82, 2.24) is 0 Å². The van der Waals surface area contributed by atoms with E-state index in [1.165, 1.54) is 6.92 Å². The van der Waals surface area contributed by atoms with Gasteiger partial charge in [-0.1, -0.05) is 19.4 Å². The Balaban J connectivity index is 2.56. The summed E-state index contributed by atoms with van der Waals surface area (Å²) in [6.07, 6.45) is 0.870. The largest absolute Gasteiger partial charge is 0.463 e. The zero-order chi connectivity index (χ0) is 15.1. The zero-order valence-corrected chi connectivity index (χ0v) is 12.6. The van der Waals surface area contributed by atoms with Crippen LogP contribution in [0.15, 0.2) is 18.2 Å². The van der Waals surface area contributed by atoms with Crippen LogP contribution in [0, 0.1) is 13.8 Å². The van der Waals surface area contributed by atoms with Crippen LogP contribution < -0.4 is 0 Å². The highest BCUT2D eigenvalue weighted by atomic mass is 16.6. The molecule has 20 heavy (non-hydrogen) atoms. The van der Waals surface area contributed by atoms with E-state index >= 15 is 0 Å². The maximum absolute atomic E-state index is 11.9. The first-order valence-corrected chi connectivity index (χ1v) is 6.90. The third-order valence-electron chi connectivity index (χ3n) is 3.10. The molecule has 0 spiro atoms. The first-order valence-electron chi connectivity index (χ1n) is 6.90. The molecule has 1 atom stereocenters. The molecule has 0 aliphatic heterocycles. The number of carbonyl (C=O) groups is 2. The molecule has 0 N–H and O–H groups in total. The molecule has 0 heterocycles. The lowest BCUT2D eigenvalue weighted by Crippen LogP contribution is -2.26. The van der Waals surface area contributed by atoms with Crippen molar-refractivity contribution in [3.8, 4) is 0 Å². The lowest BCUT2D eigenvalue weighted by atomic mass is 10.1. The van der Waals surface area contributed by atoms with Gasteiger partial charge in [0.05, 0.1) is 12.2 Å². The number of benzene rings is 1. The van der Waals surface area contributed by atoms with Crippen molar-refractivity contribution in [2.24, 2.45) is 0 Å². The summed E-state index contributed by atoms with van der Waals surface area (Å²) in [6.45, 7) is 7.79. The Bertz CT molecular complexity index is 479. The summed E-state index contributed by atoms with van der Waals surface area (Å²) >= 11 is 0. The number of unbranched alkanes of at least 4 members (excludes halogenated alkanes) is 1. The van der Waals surface area contributed by atoms with Crippen LogP contribution in [0.4, 0.5) is 0 Å². The van der Waals surface area contributed by atoms with E-state index in [1.54, 1.807) is 12.1 Å². The molecule has 0 aliphatic rings. The van der Waals surface area contributed by atoms with Gasteiger partial charge in [-0.3, -0.25) is 0 Å². The molecule has 0 saturated carbocycles. The topological polar surface area (TPSA) is 52.6 Å². The van der Waals surface area contributed by atoms with E-state index in [9.17, 15) is 9.59 Å². The highest BCUT2D eigenvalue weighted by molar-refractivity contribution is 5.91. The van der Waals surface area contributed by atoms with Crippen molar-refractivity contribution in [3.05, 3.63) is 34.9 Å². The minimum absolute atomic E-state index is 0.362. The zero-order valence-electron chi connectivity index (χ0n) is 12.6. The second kappa shape index (κ2) is 7.68. The molecule has 0 aromatic heterocycles. The quantitative estimate of drug-likeness (QED) is 0.592. The van der Waals surface area contributed by atoms with Gasteiger partial charge >= 0.3 is 11.9 Å². The third-order valence-corrected chi connectivity index (χ3v) is 3.10. The minimum atomic E-state index is -0.888. The Labute approximate surface area is 120 Å². The van der Waals surface area contributed by atoms with Crippen LogP contribution in [0.3, 0.4) is 0 Å². The predicted octanol–water partition coefficient (Wildman–Crippen LogP) is 3.19. The number of rotatable bonds is 6. The molecular weight excluding hydrogens is 256 g/mol. The van der Waals surface area contributed by atoms with E-state index in [0.29, 0.717) is 12.2 Å². The van der Waals surface area contributed by atoms with E-state index < -0.39 is 18.0 Å². The van der Waals surface area contributed by atoms with Crippen LogP contribution in [-0.2, 0) is 14.3 Å². The van der Waals surface area contributed by atoms with Crippen LogP contribution in [0.1, 0.15) is 48.2 Å². The molecule has 0 radical (unpaired) electrons. The van der Waals surface area contributed by atoms with E-state index in [2.05, 4.69) is 0 Å². The van der Waals surface area contributed by atoms with Crippen LogP contribution in [0.25, 0.3) is 0 Å². The Hall–Kier alpha value is -1.84. The number of hydrogen-bond donors (Lipinski definition) is 0. The molecule has 0 unspecified atom stereocenters. The van der Waals surface area contributed by atoms with Gasteiger partial charge in [0.2, 0.25) is 0 Å². The van der Waals surface area contributed by atoms with E-state index in [4.69, 9.17) is 9.47 Å². The average Bonchev–Trinajstić information content (AvgIpc) is 2.41. The molecule has 4 heteroatoms. The summed E-state index contributed by atoms with van der Waals surface area (Å²) in [5.41, 5.74) is 2.56. The normalized spacial score (nSPS) is 11.8. The van der Waals surface area contributed by atoms with Gasteiger partial charge in [-0.05, 0) is 50.5 Å². The molecule has 0 bridgehead atoms. The van der Waals surface area contributed by atoms with Gasteiger partial charge in [0.15, 0.2) is 6.10 Å². The highest BCUT2D eigenvalue weighted by Gasteiger charge is 2.20. The van der Waals surface area contributed by atoms with E-state index in [-0.39, 0.29) is 0 Å². The van der Waals surface area contributed by atoms with Crippen LogP contribution in [0.5, 0.6) is 0 Å². The summed E-state index contributed by atoms with van der Waals surface area (Å²) in [7, 11) is 0. The maximum atomic E-state index is 11.9. The number of carbonyl (C=O) groups excluding carboxylic acids is 2. The fourth-order valence-electron chi connectivity index (χ4n) is 1.58. The number of aryl methyl sites for hydroxylation is 2. The minimum Gasteiger partial charge on any atom is -0.463 e. The van der Waals surface area contributed by atoms with Crippen molar-refractivity contribution in [3.63, 3.8) is 0 Å². The van der Waals surface area contributed by atoms with Crippen molar-refractivity contribution >= 4 is 11.9 Å². The summed E-state index contributed by atoms with van der Waals surface area (Å²) in [4.78, 5) is 23.5. The number of ether oxygens (including phenoxy) is 2. The first-order chi connectivity index (χ1) is 9.45. The fraction of sp³-hybridized carbons (Fsp3) is 0.500. The molecule has 0 aliphatic carbocycles. The molecule has 1 aromatic rings. The van der Waals surface area contributed by atoms with Crippen molar-refractivity contribution in [1.29, 1.82) is 0 Å². The third kappa shape index (κ3) is 4.68. The summed E-state index contributed by atoms with van der Waals surface area (Å²) in [5.74, 6) is -1.01.